The summed E-state index contributed by atoms with van der Waals surface area (Å²) in [6.07, 6.45) is 1.86. The average molecular weight is 455 g/mol. The van der Waals surface area contributed by atoms with Gasteiger partial charge in [0.15, 0.2) is 0 Å². The number of thioether (sulfide) groups is 1. The summed E-state index contributed by atoms with van der Waals surface area (Å²) >= 11 is 7.40. The van der Waals surface area contributed by atoms with Crippen molar-refractivity contribution >= 4 is 40.8 Å². The van der Waals surface area contributed by atoms with E-state index in [0.717, 1.165) is 11.1 Å². The molecule has 0 spiro atoms. The summed E-state index contributed by atoms with van der Waals surface area (Å²) < 4.78 is 6.87. The summed E-state index contributed by atoms with van der Waals surface area (Å²) in [4.78, 5) is 17.1. The summed E-state index contributed by atoms with van der Waals surface area (Å²) in [5, 5.41) is 12.5. The van der Waals surface area contributed by atoms with Crippen LogP contribution >= 0.6 is 23.4 Å². The van der Waals surface area contributed by atoms with Crippen LogP contribution in [0.1, 0.15) is 5.56 Å². The number of nitrogens with zero attached hydrogens (tertiary/aromatic N) is 4. The molecule has 0 bridgehead atoms. The second kappa shape index (κ2) is 8.83. The predicted octanol–water partition coefficient (Wildman–Crippen LogP) is 4.50. The van der Waals surface area contributed by atoms with Crippen LogP contribution in [0, 0.1) is 6.92 Å². The number of halogens is 1. The molecule has 3 N–H and O–H groups in total. The lowest BCUT2D eigenvalue weighted by Crippen LogP contribution is -2.21. The van der Waals surface area contributed by atoms with E-state index in [1.165, 1.54) is 16.4 Å². The molecule has 0 radical (unpaired) electrons. The second-order valence-electron chi connectivity index (χ2n) is 6.72. The van der Waals surface area contributed by atoms with Crippen molar-refractivity contribution in [1.29, 1.82) is 0 Å². The number of aryl methyl sites for hydroxylation is 1. The van der Waals surface area contributed by atoms with Gasteiger partial charge in [0.05, 0.1) is 0 Å². The minimum Gasteiger partial charge on any atom is -0.383 e. The van der Waals surface area contributed by atoms with Crippen LogP contribution in [0.4, 0.5) is 11.5 Å². The van der Waals surface area contributed by atoms with Crippen molar-refractivity contribution in [2.45, 2.75) is 18.5 Å². The third-order valence-corrected chi connectivity index (χ3v) is 5.50. The van der Waals surface area contributed by atoms with Gasteiger partial charge in [0.2, 0.25) is 11.7 Å². The van der Waals surface area contributed by atoms with Crippen LogP contribution in [0.3, 0.4) is 0 Å². The summed E-state index contributed by atoms with van der Waals surface area (Å²) in [6.45, 7) is 1.81. The summed E-state index contributed by atoms with van der Waals surface area (Å²) in [7, 11) is 0. The highest BCUT2D eigenvalue weighted by Gasteiger charge is 2.24. The van der Waals surface area contributed by atoms with Crippen LogP contribution in [0.2, 0.25) is 5.02 Å². The number of nitrogens with one attached hydrogen (secondary N) is 1. The molecule has 0 unspecified atom stereocenters. The molecule has 0 saturated heterocycles. The van der Waals surface area contributed by atoms with E-state index in [-0.39, 0.29) is 24.2 Å². The summed E-state index contributed by atoms with van der Waals surface area (Å²) in [6, 6.07) is 14.8. The number of carbonyl (C=O) groups excluding carboxylic acids is 1. The first kappa shape index (κ1) is 21.0. The Hall–Kier alpha value is -3.30. The quantitative estimate of drug-likeness (QED) is 0.412. The standard InChI is InChI=1S/C21H19ClN6O2S/c1-12-8-9-14(22)10-15(12)24-16(29)11-28-18(23)17(21(26-28)31-2)20-25-19(27-30-20)13-6-4-3-5-7-13/h3-10H,11,23H2,1-2H3,(H,24,29). The van der Waals surface area contributed by atoms with E-state index in [9.17, 15) is 4.79 Å². The van der Waals surface area contributed by atoms with Gasteiger partial charge in [-0.25, -0.2) is 4.68 Å². The predicted molar refractivity (Wildman–Crippen MR) is 122 cm³/mol. The van der Waals surface area contributed by atoms with Crippen LogP contribution in [-0.2, 0) is 11.3 Å². The molecule has 0 aliphatic heterocycles. The van der Waals surface area contributed by atoms with Crippen LogP contribution in [0.5, 0.6) is 0 Å². The maximum absolute atomic E-state index is 12.6. The zero-order valence-electron chi connectivity index (χ0n) is 16.8. The highest BCUT2D eigenvalue weighted by Crippen LogP contribution is 2.34. The molecule has 158 valence electrons. The molecule has 2 aromatic carbocycles. The number of anilines is 2. The zero-order chi connectivity index (χ0) is 22.0. The van der Waals surface area contributed by atoms with Crippen molar-refractivity contribution in [3.63, 3.8) is 0 Å². The first-order chi connectivity index (χ1) is 15.0. The smallest absolute Gasteiger partial charge is 0.264 e. The third-order valence-electron chi connectivity index (χ3n) is 4.59. The van der Waals surface area contributed by atoms with Crippen LogP contribution in [0.15, 0.2) is 58.1 Å². The number of rotatable bonds is 6. The van der Waals surface area contributed by atoms with E-state index in [2.05, 4.69) is 20.6 Å². The lowest BCUT2D eigenvalue weighted by Gasteiger charge is -2.09. The highest BCUT2D eigenvalue weighted by molar-refractivity contribution is 7.98. The SMILES string of the molecule is CSc1nn(CC(=O)Nc2cc(Cl)ccc2C)c(N)c1-c1nc(-c2ccccc2)no1. The van der Waals surface area contributed by atoms with E-state index in [0.29, 0.717) is 27.1 Å². The van der Waals surface area contributed by atoms with Crippen molar-refractivity contribution in [2.24, 2.45) is 0 Å². The molecule has 31 heavy (non-hydrogen) atoms. The minimum atomic E-state index is -0.283. The first-order valence-corrected chi connectivity index (χ1v) is 10.9. The second-order valence-corrected chi connectivity index (χ2v) is 7.96. The molecular formula is C21H19ClN6O2S. The molecule has 2 heterocycles. The number of nitrogens with two attached hydrogens (primary N) is 1. The molecule has 2 aromatic heterocycles. The van der Waals surface area contributed by atoms with E-state index < -0.39 is 0 Å². The molecule has 1 amide bonds. The molecule has 0 saturated carbocycles. The Balaban J connectivity index is 1.59. The lowest BCUT2D eigenvalue weighted by atomic mass is 10.2. The van der Waals surface area contributed by atoms with Gasteiger partial charge < -0.3 is 15.6 Å². The molecular weight excluding hydrogens is 436 g/mol. The van der Waals surface area contributed by atoms with Gasteiger partial charge in [-0.3, -0.25) is 4.79 Å². The lowest BCUT2D eigenvalue weighted by molar-refractivity contribution is -0.116. The zero-order valence-corrected chi connectivity index (χ0v) is 18.4. The molecule has 0 atom stereocenters. The number of hydrogen-bond donors (Lipinski definition) is 2. The van der Waals surface area contributed by atoms with Crippen molar-refractivity contribution < 1.29 is 9.32 Å². The van der Waals surface area contributed by atoms with E-state index >= 15 is 0 Å². The van der Waals surface area contributed by atoms with Crippen LogP contribution < -0.4 is 11.1 Å². The first-order valence-electron chi connectivity index (χ1n) is 9.32. The van der Waals surface area contributed by atoms with Gasteiger partial charge in [0.25, 0.3) is 5.89 Å². The van der Waals surface area contributed by atoms with Gasteiger partial charge in [-0.15, -0.1) is 11.8 Å². The van der Waals surface area contributed by atoms with Crippen LogP contribution in [0.25, 0.3) is 22.8 Å². The fourth-order valence-corrected chi connectivity index (χ4v) is 3.75. The van der Waals surface area contributed by atoms with E-state index in [1.54, 1.807) is 12.1 Å². The van der Waals surface area contributed by atoms with Gasteiger partial charge >= 0.3 is 0 Å². The van der Waals surface area contributed by atoms with Gasteiger partial charge in [0, 0.05) is 16.3 Å². The molecule has 0 aliphatic carbocycles. The minimum absolute atomic E-state index is 0.0783. The fraction of sp³-hybridized carbons (Fsp3) is 0.143. The number of aromatic nitrogens is 4. The van der Waals surface area contributed by atoms with Crippen molar-refractivity contribution in [2.75, 3.05) is 17.3 Å². The van der Waals surface area contributed by atoms with Gasteiger partial charge in [-0.05, 0) is 30.9 Å². The largest absolute Gasteiger partial charge is 0.383 e. The third kappa shape index (κ3) is 4.42. The number of benzene rings is 2. The average Bonchev–Trinajstić information content (AvgIpc) is 3.36. The Labute approximate surface area is 187 Å². The van der Waals surface area contributed by atoms with Gasteiger partial charge in [-0.2, -0.15) is 10.1 Å². The number of amides is 1. The van der Waals surface area contributed by atoms with E-state index in [1.807, 2.05) is 49.6 Å². The molecule has 4 rings (SSSR count). The van der Waals surface area contributed by atoms with Crippen molar-refractivity contribution in [3.8, 4) is 22.8 Å². The van der Waals surface area contributed by atoms with Crippen molar-refractivity contribution in [1.82, 2.24) is 19.9 Å². The molecule has 10 heteroatoms. The van der Waals surface area contributed by atoms with Crippen molar-refractivity contribution in [3.05, 3.63) is 59.1 Å². The van der Waals surface area contributed by atoms with Gasteiger partial charge in [0.1, 0.15) is 23.0 Å². The number of hydrogen-bond acceptors (Lipinski definition) is 7. The maximum Gasteiger partial charge on any atom is 0.264 e. The Morgan fingerprint density at radius 2 is 2.03 bits per heavy atom. The highest BCUT2D eigenvalue weighted by atomic mass is 35.5. The van der Waals surface area contributed by atoms with Crippen LogP contribution in [-0.4, -0.2) is 32.1 Å². The summed E-state index contributed by atoms with van der Waals surface area (Å²) in [5.74, 6) is 0.682. The normalized spacial score (nSPS) is 10.9. The van der Waals surface area contributed by atoms with Gasteiger partial charge in [-0.1, -0.05) is 53.2 Å². The monoisotopic (exact) mass is 454 g/mol. The Morgan fingerprint density at radius 3 is 2.77 bits per heavy atom. The molecule has 0 fully saturated rings. The number of carbonyl (C=O) groups is 1. The molecule has 0 aliphatic rings. The Bertz CT molecular complexity index is 1240. The molecule has 4 aromatic rings. The van der Waals surface area contributed by atoms with E-state index in [4.69, 9.17) is 21.9 Å². The maximum atomic E-state index is 12.6. The number of nitrogen functional groups attached to an aromatic ring is 1. The Kier molecular flexibility index (Phi) is 5.97. The fourth-order valence-electron chi connectivity index (χ4n) is 3.00. The molecule has 8 nitrogen and oxygen atoms in total. The topological polar surface area (TPSA) is 112 Å². The summed E-state index contributed by atoms with van der Waals surface area (Å²) in [5.41, 5.74) is 9.18. The Morgan fingerprint density at radius 1 is 1.26 bits per heavy atom.